The highest BCUT2D eigenvalue weighted by Crippen LogP contribution is 2.26. The van der Waals surface area contributed by atoms with E-state index in [0.717, 1.165) is 19.4 Å². The number of aromatic nitrogens is 1. The number of hydrogen-bond donors (Lipinski definition) is 1. The molecule has 1 aliphatic heterocycles. The molecule has 2 heterocycles. The first kappa shape index (κ1) is 16.5. The summed E-state index contributed by atoms with van der Waals surface area (Å²) in [5.41, 5.74) is 0.863. The van der Waals surface area contributed by atoms with Gasteiger partial charge in [0.25, 0.3) is 5.91 Å². The summed E-state index contributed by atoms with van der Waals surface area (Å²) in [4.78, 5) is 12.3. The Morgan fingerprint density at radius 1 is 1.42 bits per heavy atom. The first-order valence-corrected chi connectivity index (χ1v) is 8.25. The minimum atomic E-state index is -0.321. The molecule has 1 aromatic heterocycles. The summed E-state index contributed by atoms with van der Waals surface area (Å²) in [6, 6.07) is 9.00. The Bertz CT molecular complexity index is 690. The monoisotopic (exact) mass is 330 g/mol. The molecule has 1 fully saturated rings. The highest BCUT2D eigenvalue weighted by molar-refractivity contribution is 6.03. The minimum Gasteiger partial charge on any atom is -0.489 e. The van der Waals surface area contributed by atoms with Crippen molar-refractivity contribution in [2.75, 3.05) is 18.5 Å². The number of carbonyl (C=O) groups is 1. The fourth-order valence-corrected chi connectivity index (χ4v) is 2.51. The number of nitrogens with one attached hydrogen (secondary N) is 1. The van der Waals surface area contributed by atoms with Crippen molar-refractivity contribution in [2.24, 2.45) is 0 Å². The molecule has 6 nitrogen and oxygen atoms in total. The molecular formula is C18H22N2O4. The van der Waals surface area contributed by atoms with Gasteiger partial charge in [0, 0.05) is 18.6 Å². The molecule has 0 aliphatic carbocycles. The van der Waals surface area contributed by atoms with Gasteiger partial charge in [-0.2, -0.15) is 0 Å². The molecule has 1 saturated heterocycles. The Labute approximate surface area is 141 Å². The normalized spacial score (nSPS) is 17.2. The third-order valence-corrected chi connectivity index (χ3v) is 3.91. The summed E-state index contributed by atoms with van der Waals surface area (Å²) in [6.45, 7) is 5.23. The molecule has 2 aromatic rings. The summed E-state index contributed by atoms with van der Waals surface area (Å²) >= 11 is 0. The van der Waals surface area contributed by atoms with Gasteiger partial charge in [0.2, 0.25) is 0 Å². The second kappa shape index (κ2) is 7.49. The van der Waals surface area contributed by atoms with E-state index in [1.54, 1.807) is 12.1 Å². The number of para-hydroxylation sites is 2. The highest BCUT2D eigenvalue weighted by Gasteiger charge is 2.18. The molecule has 1 amide bonds. The number of carbonyl (C=O) groups excluding carboxylic acids is 1. The maximum absolute atomic E-state index is 12.3. The lowest BCUT2D eigenvalue weighted by molar-refractivity contribution is 0.0682. The lowest BCUT2D eigenvalue weighted by Crippen LogP contribution is -2.18. The van der Waals surface area contributed by atoms with E-state index in [4.69, 9.17) is 14.0 Å². The van der Waals surface area contributed by atoms with Crippen LogP contribution in [0.4, 0.5) is 5.69 Å². The molecule has 128 valence electrons. The van der Waals surface area contributed by atoms with Gasteiger partial charge in [-0.3, -0.25) is 4.79 Å². The number of hydrogen-bond acceptors (Lipinski definition) is 5. The Kier molecular flexibility index (Phi) is 5.15. The summed E-state index contributed by atoms with van der Waals surface area (Å²) in [6.07, 6.45) is 2.19. The van der Waals surface area contributed by atoms with Crippen LogP contribution >= 0.6 is 0 Å². The number of benzene rings is 1. The fraction of sp³-hybridized carbons (Fsp3) is 0.444. The molecule has 3 rings (SSSR count). The Hall–Kier alpha value is -2.34. The van der Waals surface area contributed by atoms with Crippen molar-refractivity contribution in [3.8, 4) is 5.75 Å². The van der Waals surface area contributed by atoms with Crippen LogP contribution in [0.2, 0.25) is 0 Å². The first-order valence-electron chi connectivity index (χ1n) is 8.25. The van der Waals surface area contributed by atoms with Gasteiger partial charge in [0.15, 0.2) is 5.69 Å². The number of rotatable bonds is 6. The molecule has 1 aliphatic rings. The predicted molar refractivity (Wildman–Crippen MR) is 89.5 cm³/mol. The topological polar surface area (TPSA) is 73.6 Å². The third kappa shape index (κ3) is 3.94. The summed E-state index contributed by atoms with van der Waals surface area (Å²) in [5, 5.41) is 6.65. The maximum atomic E-state index is 12.3. The van der Waals surface area contributed by atoms with E-state index in [1.165, 1.54) is 0 Å². The van der Waals surface area contributed by atoms with Gasteiger partial charge in [0.05, 0.1) is 11.8 Å². The standard InChI is InChI=1S/C18H22N2O4/c1-12(2)17-10-15(20-24-17)18(21)19-14-7-3-4-8-16(14)23-11-13-6-5-9-22-13/h3-4,7-8,10,12-13H,5-6,9,11H2,1-2H3,(H,19,21). The predicted octanol–water partition coefficient (Wildman–Crippen LogP) is 3.61. The molecule has 6 heteroatoms. The second-order valence-corrected chi connectivity index (χ2v) is 6.17. The van der Waals surface area contributed by atoms with E-state index in [-0.39, 0.29) is 23.6 Å². The van der Waals surface area contributed by atoms with Crippen molar-refractivity contribution >= 4 is 11.6 Å². The van der Waals surface area contributed by atoms with Crippen LogP contribution < -0.4 is 10.1 Å². The largest absolute Gasteiger partial charge is 0.489 e. The summed E-state index contributed by atoms with van der Waals surface area (Å²) in [7, 11) is 0. The Morgan fingerprint density at radius 2 is 2.25 bits per heavy atom. The Morgan fingerprint density at radius 3 is 2.96 bits per heavy atom. The molecule has 1 aromatic carbocycles. The van der Waals surface area contributed by atoms with Crippen LogP contribution in [0, 0.1) is 0 Å². The van der Waals surface area contributed by atoms with Crippen molar-refractivity contribution in [3.05, 3.63) is 41.8 Å². The van der Waals surface area contributed by atoms with E-state index in [1.807, 2.05) is 32.0 Å². The van der Waals surface area contributed by atoms with E-state index in [9.17, 15) is 4.79 Å². The average Bonchev–Trinajstić information content (AvgIpc) is 3.26. The van der Waals surface area contributed by atoms with Crippen LogP contribution in [0.3, 0.4) is 0 Å². The van der Waals surface area contributed by atoms with Crippen LogP contribution in [0.25, 0.3) is 0 Å². The number of ether oxygens (including phenoxy) is 2. The van der Waals surface area contributed by atoms with Gasteiger partial charge >= 0.3 is 0 Å². The van der Waals surface area contributed by atoms with E-state index in [0.29, 0.717) is 23.8 Å². The van der Waals surface area contributed by atoms with Crippen molar-refractivity contribution < 1.29 is 18.8 Å². The zero-order valence-corrected chi connectivity index (χ0v) is 14.0. The van der Waals surface area contributed by atoms with Crippen LogP contribution in [0.1, 0.15) is 48.9 Å². The molecule has 1 N–H and O–H groups in total. The van der Waals surface area contributed by atoms with Gasteiger partial charge in [-0.25, -0.2) is 0 Å². The van der Waals surface area contributed by atoms with Crippen LogP contribution in [-0.2, 0) is 4.74 Å². The van der Waals surface area contributed by atoms with Crippen molar-refractivity contribution in [1.82, 2.24) is 5.16 Å². The van der Waals surface area contributed by atoms with Crippen LogP contribution in [0.15, 0.2) is 34.9 Å². The van der Waals surface area contributed by atoms with E-state index >= 15 is 0 Å². The molecule has 0 saturated carbocycles. The van der Waals surface area contributed by atoms with Crippen molar-refractivity contribution in [1.29, 1.82) is 0 Å². The van der Waals surface area contributed by atoms with Crippen molar-refractivity contribution in [3.63, 3.8) is 0 Å². The third-order valence-electron chi connectivity index (χ3n) is 3.91. The lowest BCUT2D eigenvalue weighted by Gasteiger charge is -2.14. The molecule has 0 bridgehead atoms. The second-order valence-electron chi connectivity index (χ2n) is 6.17. The Balaban J connectivity index is 1.66. The van der Waals surface area contributed by atoms with Crippen LogP contribution in [0.5, 0.6) is 5.75 Å². The molecular weight excluding hydrogens is 308 g/mol. The SMILES string of the molecule is CC(C)c1cc(C(=O)Nc2ccccc2OCC2CCCO2)no1. The number of anilines is 1. The van der Waals surface area contributed by atoms with Crippen molar-refractivity contribution in [2.45, 2.75) is 38.7 Å². The number of amides is 1. The zero-order valence-electron chi connectivity index (χ0n) is 14.0. The lowest BCUT2D eigenvalue weighted by atomic mass is 10.1. The summed E-state index contributed by atoms with van der Waals surface area (Å²) in [5.74, 6) is 1.16. The van der Waals surface area contributed by atoms with Gasteiger partial charge in [-0.15, -0.1) is 0 Å². The summed E-state index contributed by atoms with van der Waals surface area (Å²) < 4.78 is 16.5. The zero-order chi connectivity index (χ0) is 16.9. The van der Waals surface area contributed by atoms with Gasteiger partial charge in [-0.1, -0.05) is 31.1 Å². The van der Waals surface area contributed by atoms with Crippen LogP contribution in [-0.4, -0.2) is 30.4 Å². The number of nitrogens with zero attached hydrogens (tertiary/aromatic N) is 1. The smallest absolute Gasteiger partial charge is 0.277 e. The first-order chi connectivity index (χ1) is 11.6. The maximum Gasteiger partial charge on any atom is 0.277 e. The quantitative estimate of drug-likeness (QED) is 0.876. The highest BCUT2D eigenvalue weighted by atomic mass is 16.5. The van der Waals surface area contributed by atoms with Gasteiger partial charge in [-0.05, 0) is 25.0 Å². The molecule has 1 atom stereocenters. The van der Waals surface area contributed by atoms with E-state index in [2.05, 4.69) is 10.5 Å². The van der Waals surface area contributed by atoms with Gasteiger partial charge in [0.1, 0.15) is 18.1 Å². The van der Waals surface area contributed by atoms with Gasteiger partial charge < -0.3 is 19.3 Å². The average molecular weight is 330 g/mol. The minimum absolute atomic E-state index is 0.123. The molecule has 0 spiro atoms. The molecule has 0 radical (unpaired) electrons. The molecule has 24 heavy (non-hydrogen) atoms. The molecule has 1 unspecified atom stereocenters. The fourth-order valence-electron chi connectivity index (χ4n) is 2.51. The van der Waals surface area contributed by atoms with E-state index < -0.39 is 0 Å².